The van der Waals surface area contributed by atoms with Gasteiger partial charge in [-0.25, -0.2) is 0 Å². The van der Waals surface area contributed by atoms with E-state index < -0.39 is 0 Å². The largest absolute Gasteiger partial charge is 0.335 e. The minimum absolute atomic E-state index is 0.138. The molecular formula is C13H15NO. The van der Waals surface area contributed by atoms with E-state index in [9.17, 15) is 4.79 Å². The van der Waals surface area contributed by atoms with Gasteiger partial charge in [-0.3, -0.25) is 4.79 Å². The van der Waals surface area contributed by atoms with Gasteiger partial charge in [0.15, 0.2) is 0 Å². The van der Waals surface area contributed by atoms with Gasteiger partial charge < -0.3 is 4.90 Å². The summed E-state index contributed by atoms with van der Waals surface area (Å²) in [6.45, 7) is 3.60. The number of aryl methyl sites for hydroxylation is 1. The van der Waals surface area contributed by atoms with Crippen molar-refractivity contribution in [2.75, 3.05) is 13.1 Å². The number of amides is 1. The third-order valence-corrected chi connectivity index (χ3v) is 2.64. The van der Waals surface area contributed by atoms with Crippen LogP contribution in [-0.2, 0) is 0 Å². The zero-order valence-corrected chi connectivity index (χ0v) is 8.94. The molecule has 0 N–H and O–H groups in total. The van der Waals surface area contributed by atoms with Crippen molar-refractivity contribution in [2.24, 2.45) is 0 Å². The van der Waals surface area contributed by atoms with E-state index in [4.69, 9.17) is 0 Å². The van der Waals surface area contributed by atoms with E-state index in [0.717, 1.165) is 25.1 Å². The molecule has 0 spiro atoms. The van der Waals surface area contributed by atoms with Crippen LogP contribution in [0.25, 0.3) is 0 Å². The van der Waals surface area contributed by atoms with Crippen LogP contribution in [0.5, 0.6) is 0 Å². The van der Waals surface area contributed by atoms with Crippen LogP contribution in [0.4, 0.5) is 0 Å². The fourth-order valence-corrected chi connectivity index (χ4v) is 1.70. The maximum Gasteiger partial charge on any atom is 0.254 e. The Labute approximate surface area is 90.2 Å². The first-order chi connectivity index (χ1) is 7.27. The molecule has 1 aliphatic heterocycles. The molecule has 0 atom stereocenters. The summed E-state index contributed by atoms with van der Waals surface area (Å²) in [6, 6.07) is 7.76. The average molecular weight is 201 g/mol. The van der Waals surface area contributed by atoms with Crippen molar-refractivity contribution in [1.29, 1.82) is 0 Å². The number of nitrogens with zero attached hydrogens (tertiary/aromatic N) is 1. The molecular weight excluding hydrogens is 186 g/mol. The standard InChI is InChI=1S/C13H15NO/c1-11-5-7-12(8-6-11)13(15)14-9-3-2-4-10-14/h2-3,5-8H,4,9-10H2,1H3. The number of hydrogen-bond acceptors (Lipinski definition) is 1. The summed E-state index contributed by atoms with van der Waals surface area (Å²) in [5, 5.41) is 0. The van der Waals surface area contributed by atoms with Crippen LogP contribution in [0.15, 0.2) is 36.4 Å². The van der Waals surface area contributed by atoms with E-state index in [0.29, 0.717) is 0 Å². The second-order valence-corrected chi connectivity index (χ2v) is 3.88. The van der Waals surface area contributed by atoms with Crippen LogP contribution in [0.3, 0.4) is 0 Å². The molecule has 0 saturated heterocycles. The lowest BCUT2D eigenvalue weighted by Gasteiger charge is -2.23. The SMILES string of the molecule is Cc1ccc(C(=O)N2CC=CCC2)cc1. The van der Waals surface area contributed by atoms with E-state index in [1.807, 2.05) is 36.1 Å². The lowest BCUT2D eigenvalue weighted by atomic mass is 10.1. The van der Waals surface area contributed by atoms with E-state index >= 15 is 0 Å². The lowest BCUT2D eigenvalue weighted by molar-refractivity contribution is 0.0771. The smallest absolute Gasteiger partial charge is 0.254 e. The predicted octanol–water partition coefficient (Wildman–Crippen LogP) is 2.40. The Kier molecular flexibility index (Phi) is 2.86. The van der Waals surface area contributed by atoms with E-state index in [1.165, 1.54) is 5.56 Å². The molecule has 0 aromatic heterocycles. The molecule has 2 rings (SSSR count). The summed E-state index contributed by atoms with van der Waals surface area (Å²) in [5.74, 6) is 0.138. The summed E-state index contributed by atoms with van der Waals surface area (Å²) in [5.41, 5.74) is 1.97. The van der Waals surface area contributed by atoms with Gasteiger partial charge >= 0.3 is 0 Å². The van der Waals surface area contributed by atoms with Crippen LogP contribution in [0, 0.1) is 6.92 Å². The molecule has 1 aliphatic rings. The monoisotopic (exact) mass is 201 g/mol. The van der Waals surface area contributed by atoms with E-state index in [-0.39, 0.29) is 5.91 Å². The molecule has 1 aromatic rings. The molecule has 0 radical (unpaired) electrons. The second-order valence-electron chi connectivity index (χ2n) is 3.88. The summed E-state index contributed by atoms with van der Waals surface area (Å²) in [6.07, 6.45) is 5.14. The third kappa shape index (κ3) is 2.27. The number of rotatable bonds is 1. The second kappa shape index (κ2) is 4.30. The van der Waals surface area contributed by atoms with Crippen LogP contribution in [0.1, 0.15) is 22.3 Å². The highest BCUT2D eigenvalue weighted by Gasteiger charge is 2.15. The molecule has 0 saturated carbocycles. The Bertz CT molecular complexity index is 378. The minimum Gasteiger partial charge on any atom is -0.335 e. The quantitative estimate of drug-likeness (QED) is 0.639. The van der Waals surface area contributed by atoms with Gasteiger partial charge in [0.1, 0.15) is 0 Å². The van der Waals surface area contributed by atoms with Crippen molar-refractivity contribution < 1.29 is 4.79 Å². The molecule has 1 amide bonds. The van der Waals surface area contributed by atoms with Gasteiger partial charge in [0.05, 0.1) is 0 Å². The average Bonchev–Trinajstić information content (AvgIpc) is 2.30. The van der Waals surface area contributed by atoms with Gasteiger partial charge in [0.2, 0.25) is 0 Å². The van der Waals surface area contributed by atoms with Crippen molar-refractivity contribution in [3.63, 3.8) is 0 Å². The molecule has 0 bridgehead atoms. The zero-order valence-electron chi connectivity index (χ0n) is 8.94. The Balaban J connectivity index is 2.13. The van der Waals surface area contributed by atoms with Gasteiger partial charge in [-0.05, 0) is 25.5 Å². The van der Waals surface area contributed by atoms with Gasteiger partial charge in [0, 0.05) is 18.7 Å². The highest BCUT2D eigenvalue weighted by molar-refractivity contribution is 5.94. The van der Waals surface area contributed by atoms with Gasteiger partial charge in [-0.1, -0.05) is 29.8 Å². The molecule has 1 heterocycles. The summed E-state index contributed by atoms with van der Waals surface area (Å²) in [4.78, 5) is 13.9. The van der Waals surface area contributed by atoms with Crippen molar-refractivity contribution >= 4 is 5.91 Å². The minimum atomic E-state index is 0.138. The molecule has 2 nitrogen and oxygen atoms in total. The fourth-order valence-electron chi connectivity index (χ4n) is 1.70. The lowest BCUT2D eigenvalue weighted by Crippen LogP contribution is -2.33. The molecule has 0 aliphatic carbocycles. The zero-order chi connectivity index (χ0) is 10.7. The van der Waals surface area contributed by atoms with Crippen molar-refractivity contribution in [2.45, 2.75) is 13.3 Å². The number of benzene rings is 1. The highest BCUT2D eigenvalue weighted by atomic mass is 16.2. The number of carbonyl (C=O) groups excluding carboxylic acids is 1. The number of hydrogen-bond donors (Lipinski definition) is 0. The summed E-state index contributed by atoms with van der Waals surface area (Å²) < 4.78 is 0. The third-order valence-electron chi connectivity index (χ3n) is 2.64. The topological polar surface area (TPSA) is 20.3 Å². The Morgan fingerprint density at radius 2 is 1.93 bits per heavy atom. The first-order valence-corrected chi connectivity index (χ1v) is 5.28. The van der Waals surface area contributed by atoms with Gasteiger partial charge in [0.25, 0.3) is 5.91 Å². The molecule has 15 heavy (non-hydrogen) atoms. The predicted molar refractivity (Wildman–Crippen MR) is 60.8 cm³/mol. The molecule has 78 valence electrons. The first-order valence-electron chi connectivity index (χ1n) is 5.28. The fraction of sp³-hybridized carbons (Fsp3) is 0.308. The van der Waals surface area contributed by atoms with E-state index in [1.54, 1.807) is 0 Å². The normalized spacial score (nSPS) is 15.4. The Morgan fingerprint density at radius 1 is 1.20 bits per heavy atom. The first kappa shape index (κ1) is 9.97. The molecule has 2 heteroatoms. The van der Waals surface area contributed by atoms with Crippen molar-refractivity contribution in [3.05, 3.63) is 47.5 Å². The number of carbonyl (C=O) groups is 1. The van der Waals surface area contributed by atoms with Crippen molar-refractivity contribution in [3.8, 4) is 0 Å². The molecule has 0 unspecified atom stereocenters. The van der Waals surface area contributed by atoms with Crippen molar-refractivity contribution in [1.82, 2.24) is 4.90 Å². The maximum absolute atomic E-state index is 12.0. The Hall–Kier alpha value is -1.57. The van der Waals surface area contributed by atoms with E-state index in [2.05, 4.69) is 12.2 Å². The maximum atomic E-state index is 12.0. The van der Waals surface area contributed by atoms with Crippen LogP contribution < -0.4 is 0 Å². The Morgan fingerprint density at radius 3 is 2.53 bits per heavy atom. The summed E-state index contributed by atoms with van der Waals surface area (Å²) >= 11 is 0. The van der Waals surface area contributed by atoms with Crippen LogP contribution >= 0.6 is 0 Å². The molecule has 0 fully saturated rings. The summed E-state index contributed by atoms with van der Waals surface area (Å²) in [7, 11) is 0. The van der Waals surface area contributed by atoms with Crippen LogP contribution in [-0.4, -0.2) is 23.9 Å². The van der Waals surface area contributed by atoms with Gasteiger partial charge in [-0.15, -0.1) is 0 Å². The van der Waals surface area contributed by atoms with Gasteiger partial charge in [-0.2, -0.15) is 0 Å². The highest BCUT2D eigenvalue weighted by Crippen LogP contribution is 2.10. The van der Waals surface area contributed by atoms with Crippen LogP contribution in [0.2, 0.25) is 0 Å². The molecule has 1 aromatic carbocycles.